The molecule has 186 valence electrons. The number of carbonyl (C=O) groups excluding carboxylic acids is 2. The number of carboxylic acid groups (broad SMARTS) is 1. The molecule has 1 fully saturated rings. The second-order valence-electron chi connectivity index (χ2n) is 9.63. The number of nitrogens with one attached hydrogen (secondary N) is 1. The summed E-state index contributed by atoms with van der Waals surface area (Å²) >= 11 is 0. The standard InChI is InChI=1S/C28H34N2O5/c1-3-19-13-15-30(25(16-19)27(32)33)26(31)18(2)12-14-29-28(34)35-17-24-22-10-6-4-8-20(22)21-9-5-7-11-23(21)24/h4-11,18-19,24-25H,3,12-17H2,1-2H3,(H,29,34)(H,32,33). The molecule has 0 aromatic heterocycles. The van der Waals surface area contributed by atoms with Gasteiger partial charge in [0.05, 0.1) is 0 Å². The summed E-state index contributed by atoms with van der Waals surface area (Å²) in [5, 5.41) is 12.4. The molecule has 1 aliphatic carbocycles. The van der Waals surface area contributed by atoms with E-state index in [1.807, 2.05) is 24.3 Å². The number of aliphatic carboxylic acids is 1. The lowest BCUT2D eigenvalue weighted by atomic mass is 9.88. The van der Waals surface area contributed by atoms with Crippen molar-refractivity contribution in [1.82, 2.24) is 10.2 Å². The van der Waals surface area contributed by atoms with Gasteiger partial charge < -0.3 is 20.1 Å². The van der Waals surface area contributed by atoms with E-state index in [9.17, 15) is 19.5 Å². The fourth-order valence-electron chi connectivity index (χ4n) is 5.35. The molecule has 1 saturated heterocycles. The maximum atomic E-state index is 12.9. The summed E-state index contributed by atoms with van der Waals surface area (Å²) in [6.45, 7) is 4.83. The predicted octanol–water partition coefficient (Wildman–Crippen LogP) is 4.65. The summed E-state index contributed by atoms with van der Waals surface area (Å²) < 4.78 is 5.55. The zero-order chi connectivity index (χ0) is 24.9. The monoisotopic (exact) mass is 478 g/mol. The number of hydrogen-bond acceptors (Lipinski definition) is 4. The Balaban J connectivity index is 1.26. The Bertz CT molecular complexity index is 1040. The molecule has 35 heavy (non-hydrogen) atoms. The van der Waals surface area contributed by atoms with Crippen LogP contribution in [0, 0.1) is 11.8 Å². The molecule has 1 heterocycles. The van der Waals surface area contributed by atoms with Crippen LogP contribution in [0.2, 0.25) is 0 Å². The van der Waals surface area contributed by atoms with E-state index in [4.69, 9.17) is 4.74 Å². The SMILES string of the molecule is CCC1CCN(C(=O)C(C)CCNC(=O)OCC2c3ccccc3-c3ccccc32)C(C(=O)O)C1. The zero-order valence-corrected chi connectivity index (χ0v) is 20.4. The summed E-state index contributed by atoms with van der Waals surface area (Å²) in [4.78, 5) is 38.5. The quantitative estimate of drug-likeness (QED) is 0.576. The molecule has 2 aliphatic rings. The van der Waals surface area contributed by atoms with Crippen LogP contribution < -0.4 is 5.32 Å². The van der Waals surface area contributed by atoms with E-state index in [0.29, 0.717) is 25.3 Å². The van der Waals surface area contributed by atoms with Crippen LogP contribution in [-0.2, 0) is 14.3 Å². The number of carbonyl (C=O) groups is 3. The molecule has 4 rings (SSSR count). The zero-order valence-electron chi connectivity index (χ0n) is 20.4. The Kier molecular flexibility index (Phi) is 7.73. The molecule has 7 heteroatoms. The first kappa shape index (κ1) is 24.8. The van der Waals surface area contributed by atoms with E-state index >= 15 is 0 Å². The summed E-state index contributed by atoms with van der Waals surface area (Å²) in [5.74, 6) is -1.16. The van der Waals surface area contributed by atoms with E-state index in [-0.39, 0.29) is 30.9 Å². The van der Waals surface area contributed by atoms with Crippen LogP contribution in [0.3, 0.4) is 0 Å². The number of hydrogen-bond donors (Lipinski definition) is 2. The minimum atomic E-state index is -0.944. The summed E-state index contributed by atoms with van der Waals surface area (Å²) in [7, 11) is 0. The largest absolute Gasteiger partial charge is 0.480 e. The number of fused-ring (bicyclic) bond motifs is 3. The van der Waals surface area contributed by atoms with Crippen molar-refractivity contribution in [2.24, 2.45) is 11.8 Å². The Morgan fingerprint density at radius 3 is 2.31 bits per heavy atom. The highest BCUT2D eigenvalue weighted by molar-refractivity contribution is 5.85. The number of alkyl carbamates (subject to hydrolysis) is 1. The molecular weight excluding hydrogens is 444 g/mol. The number of rotatable bonds is 8. The van der Waals surface area contributed by atoms with Gasteiger partial charge in [0.2, 0.25) is 5.91 Å². The van der Waals surface area contributed by atoms with E-state index in [1.54, 1.807) is 6.92 Å². The van der Waals surface area contributed by atoms with Gasteiger partial charge in [0, 0.05) is 24.9 Å². The Hall–Kier alpha value is -3.35. The Morgan fingerprint density at radius 1 is 1.09 bits per heavy atom. The smallest absolute Gasteiger partial charge is 0.407 e. The fourth-order valence-corrected chi connectivity index (χ4v) is 5.35. The molecule has 2 N–H and O–H groups in total. The Morgan fingerprint density at radius 2 is 1.71 bits per heavy atom. The molecule has 2 amide bonds. The lowest BCUT2D eigenvalue weighted by molar-refractivity contribution is -0.155. The number of likely N-dealkylation sites (tertiary alicyclic amines) is 1. The number of amides is 2. The minimum absolute atomic E-state index is 0.00680. The average Bonchev–Trinajstić information content (AvgIpc) is 3.20. The molecule has 2 aromatic rings. The molecule has 7 nitrogen and oxygen atoms in total. The van der Waals surface area contributed by atoms with Crippen LogP contribution in [0.1, 0.15) is 56.6 Å². The van der Waals surface area contributed by atoms with Crippen LogP contribution in [0.5, 0.6) is 0 Å². The molecule has 1 aliphatic heterocycles. The second-order valence-corrected chi connectivity index (χ2v) is 9.63. The highest BCUT2D eigenvalue weighted by Crippen LogP contribution is 2.44. The molecule has 0 radical (unpaired) electrons. The summed E-state index contributed by atoms with van der Waals surface area (Å²) in [5.41, 5.74) is 4.65. The topological polar surface area (TPSA) is 95.9 Å². The van der Waals surface area contributed by atoms with Crippen LogP contribution in [0.25, 0.3) is 11.1 Å². The first-order chi connectivity index (χ1) is 16.9. The van der Waals surface area contributed by atoms with Gasteiger partial charge in [0.15, 0.2) is 0 Å². The first-order valence-electron chi connectivity index (χ1n) is 12.5. The van der Waals surface area contributed by atoms with E-state index in [0.717, 1.165) is 24.0 Å². The lowest BCUT2D eigenvalue weighted by Gasteiger charge is -2.38. The predicted molar refractivity (Wildman–Crippen MR) is 133 cm³/mol. The van der Waals surface area contributed by atoms with Crippen molar-refractivity contribution in [3.8, 4) is 11.1 Å². The van der Waals surface area contributed by atoms with Gasteiger partial charge in [0.1, 0.15) is 12.6 Å². The molecule has 3 unspecified atom stereocenters. The molecular formula is C28H34N2O5. The molecule has 2 aromatic carbocycles. The van der Waals surface area contributed by atoms with Crippen molar-refractivity contribution in [1.29, 1.82) is 0 Å². The second kappa shape index (κ2) is 10.9. The lowest BCUT2D eigenvalue weighted by Crippen LogP contribution is -2.51. The van der Waals surface area contributed by atoms with E-state index in [2.05, 4.69) is 36.5 Å². The summed E-state index contributed by atoms with van der Waals surface area (Å²) in [6, 6.07) is 15.6. The number of nitrogens with zero attached hydrogens (tertiary/aromatic N) is 1. The highest BCUT2D eigenvalue weighted by Gasteiger charge is 2.37. The van der Waals surface area contributed by atoms with E-state index in [1.165, 1.54) is 16.0 Å². The molecule has 0 saturated carbocycles. The maximum Gasteiger partial charge on any atom is 0.407 e. The first-order valence-corrected chi connectivity index (χ1v) is 12.5. The summed E-state index contributed by atoms with van der Waals surface area (Å²) in [6.07, 6.45) is 2.16. The third-order valence-electron chi connectivity index (χ3n) is 7.47. The third-order valence-corrected chi connectivity index (χ3v) is 7.47. The van der Waals surface area contributed by atoms with Gasteiger partial charge in [0.25, 0.3) is 0 Å². The van der Waals surface area contributed by atoms with Crippen LogP contribution in [0.4, 0.5) is 4.79 Å². The van der Waals surface area contributed by atoms with Gasteiger partial charge in [-0.1, -0.05) is 68.8 Å². The minimum Gasteiger partial charge on any atom is -0.480 e. The fraction of sp³-hybridized carbons (Fsp3) is 0.464. The normalized spacial score (nSPS) is 20.0. The van der Waals surface area contributed by atoms with Crippen molar-refractivity contribution in [2.45, 2.75) is 51.5 Å². The van der Waals surface area contributed by atoms with Gasteiger partial charge in [-0.15, -0.1) is 0 Å². The van der Waals surface area contributed by atoms with Crippen LogP contribution in [-0.4, -0.2) is 53.7 Å². The van der Waals surface area contributed by atoms with Gasteiger partial charge >= 0.3 is 12.1 Å². The van der Waals surface area contributed by atoms with Crippen molar-refractivity contribution < 1.29 is 24.2 Å². The van der Waals surface area contributed by atoms with Crippen LogP contribution >= 0.6 is 0 Å². The van der Waals surface area contributed by atoms with Crippen molar-refractivity contribution in [2.75, 3.05) is 19.7 Å². The van der Waals surface area contributed by atoms with Crippen LogP contribution in [0.15, 0.2) is 48.5 Å². The van der Waals surface area contributed by atoms with Crippen molar-refractivity contribution in [3.05, 3.63) is 59.7 Å². The average molecular weight is 479 g/mol. The number of ether oxygens (including phenoxy) is 1. The maximum absolute atomic E-state index is 12.9. The van der Waals surface area contributed by atoms with Gasteiger partial charge in [-0.3, -0.25) is 4.79 Å². The van der Waals surface area contributed by atoms with Crippen molar-refractivity contribution >= 4 is 18.0 Å². The molecule has 3 atom stereocenters. The van der Waals surface area contributed by atoms with E-state index < -0.39 is 18.1 Å². The number of benzene rings is 2. The van der Waals surface area contributed by atoms with Gasteiger partial charge in [-0.2, -0.15) is 0 Å². The Labute approximate surface area is 206 Å². The van der Waals surface area contributed by atoms with Crippen molar-refractivity contribution in [3.63, 3.8) is 0 Å². The number of piperidine rings is 1. The van der Waals surface area contributed by atoms with Gasteiger partial charge in [-0.25, -0.2) is 9.59 Å². The highest BCUT2D eigenvalue weighted by atomic mass is 16.5. The molecule has 0 bridgehead atoms. The third kappa shape index (κ3) is 5.34. The number of carboxylic acids is 1. The van der Waals surface area contributed by atoms with Gasteiger partial charge in [-0.05, 0) is 47.4 Å². The molecule has 0 spiro atoms.